The van der Waals surface area contributed by atoms with Crippen LogP contribution in [0.4, 0.5) is 0 Å². The van der Waals surface area contributed by atoms with E-state index >= 15 is 0 Å². The molecule has 1 unspecified atom stereocenters. The van der Waals surface area contributed by atoms with Crippen LogP contribution in [0.3, 0.4) is 0 Å². The minimum atomic E-state index is -0.660. The number of rotatable bonds is 4. The molecule has 2 aliphatic rings. The number of nitriles is 1. The molecule has 2 rings (SSSR count). The molecule has 1 saturated carbocycles. The lowest BCUT2D eigenvalue weighted by Gasteiger charge is -2.12. The first kappa shape index (κ1) is 11.4. The Morgan fingerprint density at radius 1 is 1.62 bits per heavy atom. The van der Waals surface area contributed by atoms with Crippen LogP contribution in [0.2, 0.25) is 0 Å². The molecule has 1 aliphatic carbocycles. The lowest BCUT2D eigenvalue weighted by Crippen LogP contribution is -2.32. The van der Waals surface area contributed by atoms with Crippen LogP contribution in [0.5, 0.6) is 0 Å². The van der Waals surface area contributed by atoms with Crippen molar-refractivity contribution in [3.05, 3.63) is 0 Å². The Morgan fingerprint density at radius 3 is 2.88 bits per heavy atom. The molecule has 0 aromatic heterocycles. The van der Waals surface area contributed by atoms with Gasteiger partial charge in [-0.25, -0.2) is 0 Å². The Bertz CT molecular complexity index is 317. The van der Waals surface area contributed by atoms with E-state index in [2.05, 4.69) is 23.3 Å². The average Bonchev–Trinajstić information content (AvgIpc) is 2.98. The Balaban J connectivity index is 1.65. The number of likely N-dealkylation sites (tertiary alicyclic amines) is 1. The van der Waals surface area contributed by atoms with E-state index in [1.165, 1.54) is 13.0 Å². The van der Waals surface area contributed by atoms with Gasteiger partial charge in [-0.3, -0.25) is 4.79 Å². The third-order valence-electron chi connectivity index (χ3n) is 3.73. The van der Waals surface area contributed by atoms with Crippen LogP contribution in [0, 0.1) is 22.7 Å². The smallest absolute Gasteiger partial charge is 0.240 e. The Labute approximate surface area is 96.6 Å². The quantitative estimate of drug-likeness (QED) is 0.762. The van der Waals surface area contributed by atoms with Crippen LogP contribution in [0.1, 0.15) is 25.7 Å². The van der Waals surface area contributed by atoms with Crippen molar-refractivity contribution < 1.29 is 4.79 Å². The molecule has 1 N–H and O–H groups in total. The van der Waals surface area contributed by atoms with E-state index in [-0.39, 0.29) is 5.91 Å². The van der Waals surface area contributed by atoms with E-state index in [0.717, 1.165) is 32.4 Å². The summed E-state index contributed by atoms with van der Waals surface area (Å²) in [6.07, 6.45) is 3.75. The van der Waals surface area contributed by atoms with Gasteiger partial charge in [0.15, 0.2) is 0 Å². The summed E-state index contributed by atoms with van der Waals surface area (Å²) in [4.78, 5) is 14.0. The van der Waals surface area contributed by atoms with Crippen LogP contribution in [0.25, 0.3) is 0 Å². The van der Waals surface area contributed by atoms with Gasteiger partial charge in [0.1, 0.15) is 5.41 Å². The van der Waals surface area contributed by atoms with Crippen LogP contribution >= 0.6 is 0 Å². The fraction of sp³-hybridized carbons (Fsp3) is 0.833. The zero-order valence-electron chi connectivity index (χ0n) is 9.83. The summed E-state index contributed by atoms with van der Waals surface area (Å²) in [5.74, 6) is 0.656. The standard InChI is InChI=1S/C12H19N3O/c1-15-7-3-10(8-15)2-6-14-11(16)12(9-13)4-5-12/h10H,2-8H2,1H3,(H,14,16). The molecule has 0 aromatic carbocycles. The molecule has 0 radical (unpaired) electrons. The maximum absolute atomic E-state index is 11.7. The Morgan fingerprint density at radius 2 is 2.38 bits per heavy atom. The van der Waals surface area contributed by atoms with E-state index in [1.54, 1.807) is 0 Å². The summed E-state index contributed by atoms with van der Waals surface area (Å²) >= 11 is 0. The van der Waals surface area contributed by atoms with Gasteiger partial charge in [-0.1, -0.05) is 0 Å². The van der Waals surface area contributed by atoms with Crippen molar-refractivity contribution in [3.8, 4) is 6.07 Å². The normalized spacial score (nSPS) is 27.4. The maximum atomic E-state index is 11.7. The summed E-state index contributed by atoms with van der Waals surface area (Å²) in [5.41, 5.74) is -0.660. The monoisotopic (exact) mass is 221 g/mol. The summed E-state index contributed by atoms with van der Waals surface area (Å²) < 4.78 is 0. The topological polar surface area (TPSA) is 56.1 Å². The highest BCUT2D eigenvalue weighted by Crippen LogP contribution is 2.44. The fourth-order valence-corrected chi connectivity index (χ4v) is 2.34. The van der Waals surface area contributed by atoms with Crippen molar-refractivity contribution in [2.24, 2.45) is 11.3 Å². The number of nitrogens with one attached hydrogen (secondary N) is 1. The molecule has 1 aliphatic heterocycles. The SMILES string of the molecule is CN1CCC(CCNC(=O)C2(C#N)CC2)C1. The summed E-state index contributed by atoms with van der Waals surface area (Å²) in [6.45, 7) is 3.03. The zero-order chi connectivity index (χ0) is 11.6. The molecule has 0 aromatic rings. The fourth-order valence-electron chi connectivity index (χ4n) is 2.34. The lowest BCUT2D eigenvalue weighted by atomic mass is 10.0. The van der Waals surface area contributed by atoms with Gasteiger partial charge in [0.05, 0.1) is 6.07 Å². The predicted octanol–water partition coefficient (Wildman–Crippen LogP) is 0.748. The summed E-state index contributed by atoms with van der Waals surface area (Å²) in [6, 6.07) is 2.12. The molecular weight excluding hydrogens is 202 g/mol. The summed E-state index contributed by atoms with van der Waals surface area (Å²) in [7, 11) is 2.13. The first-order chi connectivity index (χ1) is 7.66. The molecular formula is C12H19N3O. The molecule has 1 saturated heterocycles. The highest BCUT2D eigenvalue weighted by molar-refractivity contribution is 5.88. The number of carbonyl (C=O) groups is 1. The second-order valence-corrected chi connectivity index (χ2v) is 5.16. The van der Waals surface area contributed by atoms with Crippen molar-refractivity contribution in [1.29, 1.82) is 5.26 Å². The number of nitrogens with zero attached hydrogens (tertiary/aromatic N) is 2. The molecule has 1 atom stereocenters. The van der Waals surface area contributed by atoms with Crippen molar-refractivity contribution in [3.63, 3.8) is 0 Å². The lowest BCUT2D eigenvalue weighted by molar-refractivity contribution is -0.124. The average molecular weight is 221 g/mol. The number of hydrogen-bond donors (Lipinski definition) is 1. The number of carbonyl (C=O) groups excluding carboxylic acids is 1. The molecule has 2 fully saturated rings. The van der Waals surface area contributed by atoms with Crippen LogP contribution in [0.15, 0.2) is 0 Å². The molecule has 1 heterocycles. The van der Waals surface area contributed by atoms with E-state index in [4.69, 9.17) is 5.26 Å². The third-order valence-corrected chi connectivity index (χ3v) is 3.73. The van der Waals surface area contributed by atoms with Crippen LogP contribution in [-0.4, -0.2) is 37.5 Å². The van der Waals surface area contributed by atoms with Gasteiger partial charge in [-0.2, -0.15) is 5.26 Å². The van der Waals surface area contributed by atoms with Gasteiger partial charge in [0, 0.05) is 13.1 Å². The number of hydrogen-bond acceptors (Lipinski definition) is 3. The van der Waals surface area contributed by atoms with E-state index in [1.807, 2.05) is 0 Å². The maximum Gasteiger partial charge on any atom is 0.240 e. The highest BCUT2D eigenvalue weighted by Gasteiger charge is 2.50. The second kappa shape index (κ2) is 4.42. The van der Waals surface area contributed by atoms with Gasteiger partial charge < -0.3 is 10.2 Å². The van der Waals surface area contributed by atoms with E-state index in [9.17, 15) is 4.79 Å². The molecule has 1 amide bonds. The second-order valence-electron chi connectivity index (χ2n) is 5.16. The van der Waals surface area contributed by atoms with Crippen LogP contribution in [-0.2, 0) is 4.79 Å². The first-order valence-corrected chi connectivity index (χ1v) is 6.04. The van der Waals surface area contributed by atoms with Gasteiger partial charge in [-0.15, -0.1) is 0 Å². The molecule has 4 heteroatoms. The minimum Gasteiger partial charge on any atom is -0.355 e. The van der Waals surface area contributed by atoms with Gasteiger partial charge in [0.25, 0.3) is 0 Å². The molecule has 0 spiro atoms. The molecule has 4 nitrogen and oxygen atoms in total. The van der Waals surface area contributed by atoms with Crippen molar-refractivity contribution in [1.82, 2.24) is 10.2 Å². The third kappa shape index (κ3) is 2.35. The van der Waals surface area contributed by atoms with Crippen molar-refractivity contribution in [2.45, 2.75) is 25.7 Å². The highest BCUT2D eigenvalue weighted by atomic mass is 16.2. The van der Waals surface area contributed by atoms with Crippen molar-refractivity contribution >= 4 is 5.91 Å². The Kier molecular flexibility index (Phi) is 3.15. The molecule has 16 heavy (non-hydrogen) atoms. The van der Waals surface area contributed by atoms with Crippen LogP contribution < -0.4 is 5.32 Å². The Hall–Kier alpha value is -1.08. The van der Waals surface area contributed by atoms with Crippen molar-refractivity contribution in [2.75, 3.05) is 26.7 Å². The van der Waals surface area contributed by atoms with Gasteiger partial charge in [-0.05, 0) is 45.2 Å². The minimum absolute atomic E-state index is 0.0543. The van der Waals surface area contributed by atoms with E-state index in [0.29, 0.717) is 5.92 Å². The molecule has 0 bridgehead atoms. The van der Waals surface area contributed by atoms with Gasteiger partial charge in [0.2, 0.25) is 5.91 Å². The largest absolute Gasteiger partial charge is 0.355 e. The number of amides is 1. The van der Waals surface area contributed by atoms with Gasteiger partial charge >= 0.3 is 0 Å². The molecule has 88 valence electrons. The zero-order valence-corrected chi connectivity index (χ0v) is 9.83. The predicted molar refractivity (Wildman–Crippen MR) is 60.5 cm³/mol. The summed E-state index contributed by atoms with van der Waals surface area (Å²) in [5, 5.41) is 11.8. The first-order valence-electron chi connectivity index (χ1n) is 6.04. The van der Waals surface area contributed by atoms with E-state index < -0.39 is 5.41 Å².